The zero-order valence-electron chi connectivity index (χ0n) is 5.86. The van der Waals surface area contributed by atoms with Crippen LogP contribution in [-0.2, 0) is 0 Å². The third-order valence-electron chi connectivity index (χ3n) is 1.82. The molecular weight excluding hydrogens is 162 g/mol. The van der Waals surface area contributed by atoms with Crippen LogP contribution in [0.4, 0.5) is 0 Å². The average Bonchev–Trinajstić information content (AvgIpc) is 2.45. The van der Waals surface area contributed by atoms with Crippen molar-refractivity contribution in [1.82, 2.24) is 0 Å². The monoisotopic (exact) mass is 171 g/mol. The van der Waals surface area contributed by atoms with Gasteiger partial charge in [0.1, 0.15) is 12.7 Å². The molecule has 4 heteroatoms. The molecule has 0 amide bonds. The van der Waals surface area contributed by atoms with E-state index in [0.717, 1.165) is 10.6 Å². The third kappa shape index (κ3) is 1.03. The number of fused-ring (bicyclic) bond motifs is 1. The van der Waals surface area contributed by atoms with Crippen LogP contribution in [0.5, 0.6) is 5.06 Å². The highest BCUT2D eigenvalue weighted by atomic mass is 32.1. The minimum Gasteiger partial charge on any atom is -0.481 e. The Hall–Kier alpha value is -0.580. The number of hydrogen-bond acceptors (Lipinski definition) is 4. The molecule has 0 unspecified atom stereocenters. The van der Waals surface area contributed by atoms with E-state index >= 15 is 0 Å². The fraction of sp³-hybridized carbons (Fsp3) is 0.429. The highest BCUT2D eigenvalue weighted by molar-refractivity contribution is 7.12. The van der Waals surface area contributed by atoms with Gasteiger partial charge in [0, 0.05) is 5.56 Å². The third-order valence-corrected chi connectivity index (χ3v) is 2.66. The zero-order chi connectivity index (χ0) is 7.84. The summed E-state index contributed by atoms with van der Waals surface area (Å²) in [6.45, 7) is 0.314. The van der Waals surface area contributed by atoms with Crippen LogP contribution in [0.25, 0.3) is 0 Å². The molecule has 2 heterocycles. The highest BCUT2D eigenvalue weighted by Crippen LogP contribution is 2.35. The molecule has 1 aliphatic heterocycles. The Bertz CT molecular complexity index is 261. The first-order valence-electron chi connectivity index (χ1n) is 3.43. The van der Waals surface area contributed by atoms with Gasteiger partial charge in [0.25, 0.3) is 0 Å². The van der Waals surface area contributed by atoms with Crippen molar-refractivity contribution in [3.8, 4) is 5.06 Å². The molecule has 2 rings (SSSR count). The predicted octanol–water partition coefficient (Wildman–Crippen LogP) is 0.501. The molecule has 3 N–H and O–H groups in total. The maximum Gasteiger partial charge on any atom is 0.178 e. The fourth-order valence-corrected chi connectivity index (χ4v) is 1.96. The van der Waals surface area contributed by atoms with E-state index in [0.29, 0.717) is 6.61 Å². The zero-order valence-corrected chi connectivity index (χ0v) is 6.67. The summed E-state index contributed by atoms with van der Waals surface area (Å²) >= 11 is 1.52. The van der Waals surface area contributed by atoms with Gasteiger partial charge in [0.05, 0.1) is 6.04 Å². The Kier molecular flexibility index (Phi) is 1.60. The molecule has 1 aromatic rings. The maximum absolute atomic E-state index is 9.30. The van der Waals surface area contributed by atoms with E-state index in [2.05, 4.69) is 0 Å². The number of hydrogen-bond donors (Lipinski definition) is 2. The standard InChI is InChI=1S/C7H9NO2S/c8-6-4-1-2-11-7(4)10-3-5(6)9/h1-2,5-6,9H,3,8H2/t5-,6+/m1/s1. The molecule has 11 heavy (non-hydrogen) atoms. The molecule has 0 spiro atoms. The summed E-state index contributed by atoms with van der Waals surface area (Å²) in [6.07, 6.45) is -0.558. The summed E-state index contributed by atoms with van der Waals surface area (Å²) < 4.78 is 5.23. The summed E-state index contributed by atoms with van der Waals surface area (Å²) in [5.74, 6) is 0. The Morgan fingerprint density at radius 3 is 3.36 bits per heavy atom. The number of thiophene rings is 1. The normalized spacial score (nSPS) is 29.3. The number of aliphatic hydroxyl groups excluding tert-OH is 1. The van der Waals surface area contributed by atoms with Gasteiger partial charge in [-0.05, 0) is 11.4 Å². The van der Waals surface area contributed by atoms with Crippen molar-refractivity contribution in [2.75, 3.05) is 6.61 Å². The molecule has 0 aliphatic carbocycles. The van der Waals surface area contributed by atoms with Crippen LogP contribution in [0.1, 0.15) is 11.6 Å². The van der Waals surface area contributed by atoms with Gasteiger partial charge >= 0.3 is 0 Å². The van der Waals surface area contributed by atoms with Crippen molar-refractivity contribution in [3.05, 3.63) is 17.0 Å². The number of ether oxygens (including phenoxy) is 1. The van der Waals surface area contributed by atoms with E-state index in [4.69, 9.17) is 10.5 Å². The number of nitrogens with two attached hydrogens (primary N) is 1. The summed E-state index contributed by atoms with van der Waals surface area (Å²) in [5, 5.41) is 12.1. The molecule has 0 saturated heterocycles. The minimum atomic E-state index is -0.558. The molecule has 0 fully saturated rings. The lowest BCUT2D eigenvalue weighted by atomic mass is 10.0. The first kappa shape index (κ1) is 7.09. The Morgan fingerprint density at radius 2 is 2.55 bits per heavy atom. The van der Waals surface area contributed by atoms with Gasteiger partial charge in [-0.3, -0.25) is 0 Å². The topological polar surface area (TPSA) is 55.5 Å². The van der Waals surface area contributed by atoms with Crippen LogP contribution < -0.4 is 10.5 Å². The SMILES string of the molecule is N[C@H]1c2ccsc2OC[C@H]1O. The van der Waals surface area contributed by atoms with E-state index in [-0.39, 0.29) is 6.04 Å². The predicted molar refractivity (Wildman–Crippen MR) is 42.7 cm³/mol. The lowest BCUT2D eigenvalue weighted by Crippen LogP contribution is -2.34. The van der Waals surface area contributed by atoms with Gasteiger partial charge in [-0.15, -0.1) is 11.3 Å². The Morgan fingerprint density at radius 1 is 1.73 bits per heavy atom. The summed E-state index contributed by atoms with van der Waals surface area (Å²) in [7, 11) is 0. The van der Waals surface area contributed by atoms with Crippen LogP contribution in [0.15, 0.2) is 11.4 Å². The second-order valence-corrected chi connectivity index (χ2v) is 3.45. The Labute approximate surface area is 68.4 Å². The van der Waals surface area contributed by atoms with Gasteiger partial charge in [-0.2, -0.15) is 0 Å². The highest BCUT2D eigenvalue weighted by Gasteiger charge is 2.26. The second kappa shape index (κ2) is 2.48. The molecule has 1 aromatic heterocycles. The quantitative estimate of drug-likeness (QED) is 0.597. The molecule has 3 nitrogen and oxygen atoms in total. The van der Waals surface area contributed by atoms with Crippen LogP contribution in [0, 0.1) is 0 Å². The van der Waals surface area contributed by atoms with E-state index in [9.17, 15) is 5.11 Å². The van der Waals surface area contributed by atoms with Crippen molar-refractivity contribution >= 4 is 11.3 Å². The fourth-order valence-electron chi connectivity index (χ4n) is 1.14. The lowest BCUT2D eigenvalue weighted by molar-refractivity contribution is 0.0707. The van der Waals surface area contributed by atoms with E-state index in [1.165, 1.54) is 11.3 Å². The van der Waals surface area contributed by atoms with Gasteiger partial charge in [0.15, 0.2) is 5.06 Å². The first-order chi connectivity index (χ1) is 5.29. The average molecular weight is 171 g/mol. The summed E-state index contributed by atoms with van der Waals surface area (Å²) in [6, 6.07) is 1.62. The smallest absolute Gasteiger partial charge is 0.178 e. The molecule has 0 aromatic carbocycles. The summed E-state index contributed by atoms with van der Waals surface area (Å²) in [5.41, 5.74) is 6.64. The molecule has 1 aliphatic rings. The van der Waals surface area contributed by atoms with E-state index < -0.39 is 6.10 Å². The van der Waals surface area contributed by atoms with Crippen LogP contribution in [0.3, 0.4) is 0 Å². The largest absolute Gasteiger partial charge is 0.481 e. The van der Waals surface area contributed by atoms with Crippen molar-refractivity contribution in [3.63, 3.8) is 0 Å². The molecule has 0 saturated carbocycles. The van der Waals surface area contributed by atoms with Crippen LogP contribution >= 0.6 is 11.3 Å². The van der Waals surface area contributed by atoms with Crippen LogP contribution in [0.2, 0.25) is 0 Å². The van der Waals surface area contributed by atoms with Crippen molar-refractivity contribution < 1.29 is 9.84 Å². The summed E-state index contributed by atoms with van der Waals surface area (Å²) in [4.78, 5) is 0. The van der Waals surface area contributed by atoms with Crippen molar-refractivity contribution in [2.24, 2.45) is 5.73 Å². The molecule has 0 bridgehead atoms. The van der Waals surface area contributed by atoms with E-state index in [1.807, 2.05) is 11.4 Å². The molecular formula is C7H9NO2S. The lowest BCUT2D eigenvalue weighted by Gasteiger charge is -2.24. The first-order valence-corrected chi connectivity index (χ1v) is 4.31. The van der Waals surface area contributed by atoms with Gasteiger partial charge in [-0.1, -0.05) is 0 Å². The molecule has 0 radical (unpaired) electrons. The maximum atomic E-state index is 9.30. The van der Waals surface area contributed by atoms with Crippen molar-refractivity contribution in [2.45, 2.75) is 12.1 Å². The van der Waals surface area contributed by atoms with Crippen LogP contribution in [-0.4, -0.2) is 17.8 Å². The second-order valence-electron chi connectivity index (χ2n) is 2.57. The van der Waals surface area contributed by atoms with Gasteiger partial charge in [0.2, 0.25) is 0 Å². The molecule has 2 atom stereocenters. The van der Waals surface area contributed by atoms with Gasteiger partial charge in [-0.25, -0.2) is 0 Å². The number of rotatable bonds is 0. The number of aliphatic hydroxyl groups is 1. The molecule has 60 valence electrons. The Balaban J connectivity index is 2.38. The van der Waals surface area contributed by atoms with Crippen molar-refractivity contribution in [1.29, 1.82) is 0 Å². The van der Waals surface area contributed by atoms with E-state index in [1.54, 1.807) is 0 Å². The minimum absolute atomic E-state index is 0.273. The van der Waals surface area contributed by atoms with Gasteiger partial charge < -0.3 is 15.6 Å².